The summed E-state index contributed by atoms with van der Waals surface area (Å²) in [5.74, 6) is -0.0456. The van der Waals surface area contributed by atoms with E-state index in [1.807, 2.05) is 13.0 Å². The molecule has 2 aromatic rings. The van der Waals surface area contributed by atoms with Gasteiger partial charge in [-0.05, 0) is 45.2 Å². The Balaban J connectivity index is 1.52. The van der Waals surface area contributed by atoms with Crippen LogP contribution in [0.25, 0.3) is 0 Å². The number of carbonyl (C=O) groups is 1. The SMILES string of the molecule is Cc1ncsc1C(=O)NC[C@@]1(c2ccccc2)CC[C@H](O)[C@@H](N2CCN(C)CC2)CC1. The average molecular weight is 443 g/mol. The van der Waals surface area contributed by atoms with Crippen LogP contribution in [0, 0.1) is 6.92 Å². The number of rotatable bonds is 5. The van der Waals surface area contributed by atoms with Crippen molar-refractivity contribution in [1.82, 2.24) is 20.1 Å². The van der Waals surface area contributed by atoms with Crippen molar-refractivity contribution in [2.24, 2.45) is 0 Å². The number of aliphatic hydroxyl groups excluding tert-OH is 1. The van der Waals surface area contributed by atoms with Gasteiger partial charge >= 0.3 is 0 Å². The van der Waals surface area contributed by atoms with Gasteiger partial charge in [0.1, 0.15) is 4.88 Å². The highest BCUT2D eigenvalue weighted by Crippen LogP contribution is 2.39. The summed E-state index contributed by atoms with van der Waals surface area (Å²) < 4.78 is 0. The summed E-state index contributed by atoms with van der Waals surface area (Å²) >= 11 is 1.39. The number of hydrogen-bond donors (Lipinski definition) is 2. The predicted molar refractivity (Wildman–Crippen MR) is 125 cm³/mol. The fourth-order valence-electron chi connectivity index (χ4n) is 5.15. The number of likely N-dealkylation sites (N-methyl/N-ethyl adjacent to an activating group) is 1. The average Bonchev–Trinajstić information content (AvgIpc) is 3.15. The van der Waals surface area contributed by atoms with Gasteiger partial charge < -0.3 is 15.3 Å². The maximum Gasteiger partial charge on any atom is 0.263 e. The van der Waals surface area contributed by atoms with Crippen LogP contribution in [0.4, 0.5) is 0 Å². The second kappa shape index (κ2) is 9.77. The van der Waals surface area contributed by atoms with Crippen molar-refractivity contribution in [3.63, 3.8) is 0 Å². The zero-order chi connectivity index (χ0) is 21.8. The first kappa shape index (κ1) is 22.4. The normalized spacial score (nSPS) is 28.2. The summed E-state index contributed by atoms with van der Waals surface area (Å²) in [6.07, 6.45) is 3.18. The number of piperazine rings is 1. The van der Waals surface area contributed by atoms with Crippen molar-refractivity contribution in [2.45, 2.75) is 50.2 Å². The molecule has 2 N–H and O–H groups in total. The third-order valence-electron chi connectivity index (χ3n) is 7.21. The lowest BCUT2D eigenvalue weighted by molar-refractivity contribution is 0.0200. The van der Waals surface area contributed by atoms with E-state index < -0.39 is 0 Å². The lowest BCUT2D eigenvalue weighted by Gasteiger charge is -2.39. The lowest BCUT2D eigenvalue weighted by Crippen LogP contribution is -2.52. The van der Waals surface area contributed by atoms with Crippen LogP contribution in [-0.2, 0) is 5.41 Å². The summed E-state index contributed by atoms with van der Waals surface area (Å²) in [7, 11) is 2.16. The van der Waals surface area contributed by atoms with Gasteiger partial charge in [-0.15, -0.1) is 11.3 Å². The standard InChI is InChI=1S/C24H34N4O2S/c1-18-22(31-17-26-18)23(30)25-16-24(19-6-4-3-5-7-19)10-8-20(21(29)9-11-24)28-14-12-27(2)13-15-28/h3-7,17,20-21,29H,8-16H2,1-2H3,(H,25,30)/t20-,21-,24-/m0/s1. The Kier molecular flexibility index (Phi) is 7.06. The van der Waals surface area contributed by atoms with Crippen LogP contribution < -0.4 is 5.32 Å². The minimum absolute atomic E-state index is 0.0456. The Morgan fingerprint density at radius 3 is 2.58 bits per heavy atom. The van der Waals surface area contributed by atoms with Gasteiger partial charge in [0.15, 0.2) is 0 Å². The van der Waals surface area contributed by atoms with E-state index in [0.717, 1.165) is 57.6 Å². The number of aromatic nitrogens is 1. The maximum absolute atomic E-state index is 12.8. The molecule has 0 bridgehead atoms. The second-order valence-corrected chi connectivity index (χ2v) is 10.0. The first-order chi connectivity index (χ1) is 15.0. The molecule has 6 nitrogen and oxygen atoms in total. The van der Waals surface area contributed by atoms with E-state index in [-0.39, 0.29) is 23.5 Å². The summed E-state index contributed by atoms with van der Waals surface area (Å²) in [5, 5.41) is 14.3. The molecule has 1 amide bonds. The van der Waals surface area contributed by atoms with E-state index in [1.54, 1.807) is 5.51 Å². The van der Waals surface area contributed by atoms with Gasteiger partial charge in [0.25, 0.3) is 5.91 Å². The number of benzene rings is 1. The van der Waals surface area contributed by atoms with Crippen molar-refractivity contribution in [2.75, 3.05) is 39.8 Å². The lowest BCUT2D eigenvalue weighted by atomic mass is 9.74. The van der Waals surface area contributed by atoms with Crippen LogP contribution in [0.2, 0.25) is 0 Å². The molecule has 1 aliphatic carbocycles. The molecule has 4 rings (SSSR count). The van der Waals surface area contributed by atoms with Crippen LogP contribution >= 0.6 is 11.3 Å². The summed E-state index contributed by atoms with van der Waals surface area (Å²) in [6.45, 7) is 6.58. The monoisotopic (exact) mass is 442 g/mol. The van der Waals surface area contributed by atoms with E-state index in [1.165, 1.54) is 16.9 Å². The molecule has 1 aliphatic heterocycles. The van der Waals surface area contributed by atoms with Crippen molar-refractivity contribution in [3.05, 3.63) is 52.0 Å². The van der Waals surface area contributed by atoms with Crippen molar-refractivity contribution in [3.8, 4) is 0 Å². The Morgan fingerprint density at radius 2 is 1.90 bits per heavy atom. The van der Waals surface area contributed by atoms with Crippen molar-refractivity contribution < 1.29 is 9.90 Å². The number of carbonyl (C=O) groups excluding carboxylic acids is 1. The molecular formula is C24H34N4O2S. The first-order valence-electron chi connectivity index (χ1n) is 11.3. The number of amides is 1. The van der Waals surface area contributed by atoms with Gasteiger partial charge in [0, 0.05) is 44.2 Å². The summed E-state index contributed by atoms with van der Waals surface area (Å²) in [4.78, 5) is 22.6. The molecule has 1 saturated carbocycles. The van der Waals surface area contributed by atoms with E-state index in [2.05, 4.69) is 51.4 Å². The number of nitrogens with zero attached hydrogens (tertiary/aromatic N) is 3. The molecule has 2 fully saturated rings. The minimum atomic E-state index is -0.326. The highest BCUT2D eigenvalue weighted by Gasteiger charge is 2.40. The highest BCUT2D eigenvalue weighted by atomic mass is 32.1. The van der Waals surface area contributed by atoms with Crippen molar-refractivity contribution in [1.29, 1.82) is 0 Å². The fourth-order valence-corrected chi connectivity index (χ4v) is 5.87. The molecule has 0 unspecified atom stereocenters. The van der Waals surface area contributed by atoms with Crippen LogP contribution in [-0.4, -0.2) is 77.7 Å². The first-order valence-corrected chi connectivity index (χ1v) is 12.2. The molecule has 0 spiro atoms. The Hall–Kier alpha value is -1.80. The van der Waals surface area contributed by atoms with Crippen LogP contribution in [0.15, 0.2) is 35.8 Å². The van der Waals surface area contributed by atoms with E-state index in [4.69, 9.17) is 0 Å². The third-order valence-corrected chi connectivity index (χ3v) is 8.14. The molecule has 31 heavy (non-hydrogen) atoms. The van der Waals surface area contributed by atoms with E-state index in [0.29, 0.717) is 11.4 Å². The molecule has 2 heterocycles. The Bertz CT molecular complexity index is 865. The Morgan fingerprint density at radius 1 is 1.19 bits per heavy atom. The van der Waals surface area contributed by atoms with Gasteiger partial charge in [-0.3, -0.25) is 9.69 Å². The molecule has 168 valence electrons. The zero-order valence-corrected chi connectivity index (χ0v) is 19.4. The zero-order valence-electron chi connectivity index (χ0n) is 18.6. The second-order valence-electron chi connectivity index (χ2n) is 9.15. The number of nitrogens with one attached hydrogen (secondary N) is 1. The molecule has 0 radical (unpaired) electrons. The third kappa shape index (κ3) is 5.00. The van der Waals surface area contributed by atoms with Crippen LogP contribution in [0.1, 0.15) is 46.6 Å². The molecular weight excluding hydrogens is 408 g/mol. The van der Waals surface area contributed by atoms with Gasteiger partial charge in [0.2, 0.25) is 0 Å². The minimum Gasteiger partial charge on any atom is -0.391 e. The topological polar surface area (TPSA) is 68.7 Å². The van der Waals surface area contributed by atoms with Crippen molar-refractivity contribution >= 4 is 17.2 Å². The summed E-state index contributed by atoms with van der Waals surface area (Å²) in [6, 6.07) is 10.7. The predicted octanol–water partition coefficient (Wildman–Crippen LogP) is 2.67. The number of thiazole rings is 1. The van der Waals surface area contributed by atoms with E-state index >= 15 is 0 Å². The number of aryl methyl sites for hydroxylation is 1. The van der Waals surface area contributed by atoms with Crippen LogP contribution in [0.5, 0.6) is 0 Å². The van der Waals surface area contributed by atoms with Gasteiger partial charge in [-0.1, -0.05) is 30.3 Å². The largest absolute Gasteiger partial charge is 0.391 e. The molecule has 1 aromatic heterocycles. The number of aliphatic hydroxyl groups is 1. The van der Waals surface area contributed by atoms with Gasteiger partial charge in [-0.2, -0.15) is 0 Å². The molecule has 1 aromatic carbocycles. The molecule has 2 aliphatic rings. The smallest absolute Gasteiger partial charge is 0.263 e. The Labute approximate surface area is 189 Å². The number of hydrogen-bond acceptors (Lipinski definition) is 6. The molecule has 1 saturated heterocycles. The van der Waals surface area contributed by atoms with E-state index in [9.17, 15) is 9.90 Å². The maximum atomic E-state index is 12.8. The molecule has 3 atom stereocenters. The molecule has 7 heteroatoms. The van der Waals surface area contributed by atoms with Gasteiger partial charge in [0.05, 0.1) is 17.3 Å². The van der Waals surface area contributed by atoms with Crippen LogP contribution in [0.3, 0.4) is 0 Å². The summed E-state index contributed by atoms with van der Waals surface area (Å²) in [5.41, 5.74) is 3.59. The quantitative estimate of drug-likeness (QED) is 0.697. The fraction of sp³-hybridized carbons (Fsp3) is 0.583. The van der Waals surface area contributed by atoms with Gasteiger partial charge in [-0.25, -0.2) is 4.98 Å². The highest BCUT2D eigenvalue weighted by molar-refractivity contribution is 7.11.